The van der Waals surface area contributed by atoms with Crippen LogP contribution in [0.4, 0.5) is 5.95 Å². The van der Waals surface area contributed by atoms with E-state index in [-0.39, 0.29) is 5.95 Å². The summed E-state index contributed by atoms with van der Waals surface area (Å²) < 4.78 is 0.899. The molecule has 0 amide bonds. The van der Waals surface area contributed by atoms with Crippen molar-refractivity contribution in [3.8, 4) is 12.5 Å². The Balaban J connectivity index is 3.38. The van der Waals surface area contributed by atoms with Crippen LogP contribution in [0.3, 0.4) is 0 Å². The molecule has 0 aliphatic heterocycles. The van der Waals surface area contributed by atoms with Crippen LogP contribution in [-0.2, 0) is 0 Å². The first-order valence-electron chi connectivity index (χ1n) is 2.42. The van der Waals surface area contributed by atoms with Crippen LogP contribution in [0.2, 0.25) is 0 Å². The molecule has 0 atom stereocenters. The lowest BCUT2D eigenvalue weighted by atomic mass is 10.9. The first-order valence-corrected chi connectivity index (χ1v) is 2.42. The molecule has 0 radical (unpaired) electrons. The number of nitrogens with zero attached hydrogens (tertiary/aromatic N) is 3. The molecule has 0 aliphatic carbocycles. The van der Waals surface area contributed by atoms with E-state index in [1.807, 2.05) is 6.04 Å². The molecule has 5 nitrogen and oxygen atoms in total. The predicted molar refractivity (Wildman–Crippen MR) is 34.9 cm³/mol. The van der Waals surface area contributed by atoms with Crippen LogP contribution in [0.15, 0.2) is 11.1 Å². The van der Waals surface area contributed by atoms with Gasteiger partial charge < -0.3 is 5.73 Å². The minimum absolute atomic E-state index is 0.0727. The van der Waals surface area contributed by atoms with Crippen molar-refractivity contribution in [2.24, 2.45) is 0 Å². The molecule has 0 spiro atoms. The lowest BCUT2D eigenvalue weighted by Crippen LogP contribution is -2.21. The molecule has 0 bridgehead atoms. The third kappa shape index (κ3) is 0.951. The van der Waals surface area contributed by atoms with E-state index in [0.717, 1.165) is 10.9 Å². The zero-order valence-electron chi connectivity index (χ0n) is 4.98. The molecule has 0 saturated carbocycles. The van der Waals surface area contributed by atoms with Gasteiger partial charge in [0.15, 0.2) is 0 Å². The lowest BCUT2D eigenvalue weighted by molar-refractivity contribution is 0.894. The highest BCUT2D eigenvalue weighted by Crippen LogP contribution is 1.78. The minimum Gasteiger partial charge on any atom is -0.368 e. The zero-order chi connectivity index (χ0) is 7.56. The van der Waals surface area contributed by atoms with Crippen LogP contribution in [-0.4, -0.2) is 14.5 Å². The maximum Gasteiger partial charge on any atom is 0.364 e. The van der Waals surface area contributed by atoms with Crippen molar-refractivity contribution in [2.45, 2.75) is 0 Å². The largest absolute Gasteiger partial charge is 0.368 e. The van der Waals surface area contributed by atoms with Crippen LogP contribution in [0.1, 0.15) is 0 Å². The second-order valence-electron chi connectivity index (χ2n) is 1.50. The van der Waals surface area contributed by atoms with E-state index < -0.39 is 5.69 Å². The van der Waals surface area contributed by atoms with Gasteiger partial charge in [-0.1, -0.05) is 6.42 Å². The third-order valence-electron chi connectivity index (χ3n) is 0.861. The first kappa shape index (κ1) is 6.29. The Hall–Kier alpha value is -1.83. The molecule has 2 N–H and O–H groups in total. The molecular formula is C5H4N4O. The van der Waals surface area contributed by atoms with Crippen molar-refractivity contribution in [2.75, 3.05) is 5.73 Å². The fourth-order valence-electron chi connectivity index (χ4n) is 0.436. The van der Waals surface area contributed by atoms with Gasteiger partial charge >= 0.3 is 5.69 Å². The van der Waals surface area contributed by atoms with Crippen molar-refractivity contribution < 1.29 is 0 Å². The number of hydrogen-bond donors (Lipinski definition) is 1. The van der Waals surface area contributed by atoms with Crippen molar-refractivity contribution in [1.82, 2.24) is 14.5 Å². The summed E-state index contributed by atoms with van der Waals surface area (Å²) in [7, 11) is 0. The van der Waals surface area contributed by atoms with Gasteiger partial charge in [-0.25, -0.2) is 14.3 Å². The summed E-state index contributed by atoms with van der Waals surface area (Å²) in [6, 6.07) is 2.05. The van der Waals surface area contributed by atoms with Crippen LogP contribution in [0, 0.1) is 12.5 Å². The quantitative estimate of drug-likeness (QED) is 0.448. The molecule has 5 heteroatoms. The monoisotopic (exact) mass is 136 g/mol. The summed E-state index contributed by atoms with van der Waals surface area (Å²) in [5, 5.41) is 0. The normalized spacial score (nSPS) is 8.70. The van der Waals surface area contributed by atoms with Gasteiger partial charge in [-0.05, 0) is 0 Å². The number of anilines is 1. The van der Waals surface area contributed by atoms with Gasteiger partial charge in [0.2, 0.25) is 5.95 Å². The second kappa shape index (κ2) is 2.19. The maximum absolute atomic E-state index is 10.7. The number of nitrogens with two attached hydrogens (primary N) is 1. The third-order valence-corrected chi connectivity index (χ3v) is 0.861. The summed E-state index contributed by atoms with van der Waals surface area (Å²) in [5.41, 5.74) is 4.49. The fourth-order valence-corrected chi connectivity index (χ4v) is 0.436. The maximum atomic E-state index is 10.7. The predicted octanol–water partition coefficient (Wildman–Crippen LogP) is -1.34. The van der Waals surface area contributed by atoms with E-state index in [9.17, 15) is 4.79 Å². The van der Waals surface area contributed by atoms with Crippen LogP contribution >= 0.6 is 0 Å². The molecule has 0 aliphatic rings. The van der Waals surface area contributed by atoms with Gasteiger partial charge in [0.1, 0.15) is 6.33 Å². The SMILES string of the molecule is C#Cn1cnc(N)nc1=O. The van der Waals surface area contributed by atoms with E-state index >= 15 is 0 Å². The topological polar surface area (TPSA) is 73.8 Å². The molecule has 0 fully saturated rings. The van der Waals surface area contributed by atoms with Crippen LogP contribution in [0.25, 0.3) is 0 Å². The van der Waals surface area contributed by atoms with Crippen molar-refractivity contribution in [1.29, 1.82) is 0 Å². The summed E-state index contributed by atoms with van der Waals surface area (Å²) in [5.74, 6) is -0.0727. The highest BCUT2D eigenvalue weighted by atomic mass is 16.1. The molecular weight excluding hydrogens is 132 g/mol. The van der Waals surface area contributed by atoms with Gasteiger partial charge in [-0.15, -0.1) is 0 Å². The Labute approximate surface area is 56.5 Å². The highest BCUT2D eigenvalue weighted by Gasteiger charge is 1.92. The molecule has 10 heavy (non-hydrogen) atoms. The highest BCUT2D eigenvalue weighted by molar-refractivity contribution is 5.11. The number of terminal acetylenes is 1. The lowest BCUT2D eigenvalue weighted by Gasteiger charge is -1.90. The first-order chi connectivity index (χ1) is 4.74. The molecule has 1 rings (SSSR count). The molecule has 0 unspecified atom stereocenters. The number of aromatic nitrogens is 3. The summed E-state index contributed by atoms with van der Waals surface area (Å²) >= 11 is 0. The van der Waals surface area contributed by atoms with Crippen molar-refractivity contribution in [3.63, 3.8) is 0 Å². The van der Waals surface area contributed by atoms with Gasteiger partial charge in [0, 0.05) is 6.04 Å². The zero-order valence-corrected chi connectivity index (χ0v) is 4.98. The Morgan fingerprint density at radius 2 is 2.50 bits per heavy atom. The van der Waals surface area contributed by atoms with Crippen LogP contribution in [0.5, 0.6) is 0 Å². The number of rotatable bonds is 0. The van der Waals surface area contributed by atoms with Gasteiger partial charge in [0.05, 0.1) is 0 Å². The molecule has 1 aromatic heterocycles. The smallest absolute Gasteiger partial charge is 0.364 e. The Kier molecular flexibility index (Phi) is 1.38. The van der Waals surface area contributed by atoms with E-state index in [0.29, 0.717) is 0 Å². The molecule has 0 saturated heterocycles. The standard InChI is InChI=1S/C5H4N4O/c1-2-9-3-7-4(6)8-5(9)10/h1,3H,(H2,6,8,10). The second-order valence-corrected chi connectivity index (χ2v) is 1.50. The summed E-state index contributed by atoms with van der Waals surface area (Å²) in [4.78, 5) is 17.4. The van der Waals surface area contributed by atoms with Gasteiger partial charge in [0.25, 0.3) is 0 Å². The van der Waals surface area contributed by atoms with Gasteiger partial charge in [-0.3, -0.25) is 0 Å². The summed E-state index contributed by atoms with van der Waals surface area (Å²) in [6.45, 7) is 0. The Bertz CT molecular complexity index is 334. The van der Waals surface area contributed by atoms with Crippen molar-refractivity contribution in [3.05, 3.63) is 16.8 Å². The Morgan fingerprint density at radius 1 is 1.80 bits per heavy atom. The van der Waals surface area contributed by atoms with Crippen LogP contribution < -0.4 is 11.4 Å². The minimum atomic E-state index is -0.588. The molecule has 1 heterocycles. The van der Waals surface area contributed by atoms with E-state index in [2.05, 4.69) is 9.97 Å². The van der Waals surface area contributed by atoms with E-state index in [4.69, 9.17) is 12.2 Å². The molecule has 50 valence electrons. The number of nitrogen functional groups attached to an aromatic ring is 1. The Morgan fingerprint density at radius 3 is 3.00 bits per heavy atom. The number of hydrogen-bond acceptors (Lipinski definition) is 4. The molecule has 0 aromatic carbocycles. The fraction of sp³-hybridized carbons (Fsp3) is 0. The average Bonchev–Trinajstić information content (AvgIpc) is 1.88. The average molecular weight is 136 g/mol. The van der Waals surface area contributed by atoms with E-state index in [1.54, 1.807) is 0 Å². The van der Waals surface area contributed by atoms with Crippen molar-refractivity contribution >= 4 is 5.95 Å². The molecule has 1 aromatic rings. The van der Waals surface area contributed by atoms with Gasteiger partial charge in [-0.2, -0.15) is 4.98 Å². The summed E-state index contributed by atoms with van der Waals surface area (Å²) in [6.07, 6.45) is 6.04. The van der Waals surface area contributed by atoms with E-state index in [1.165, 1.54) is 0 Å².